The molecule has 0 spiro atoms. The summed E-state index contributed by atoms with van der Waals surface area (Å²) in [5.74, 6) is 1.15. The molecular weight excluding hydrogens is 488 g/mol. The molecule has 4 rings (SSSR count). The fourth-order valence-electron chi connectivity index (χ4n) is 4.85. The number of para-hydroxylation sites is 1. The van der Waals surface area contributed by atoms with Gasteiger partial charge in [-0.2, -0.15) is 0 Å². The van der Waals surface area contributed by atoms with Crippen molar-refractivity contribution in [1.29, 1.82) is 0 Å². The van der Waals surface area contributed by atoms with Crippen molar-refractivity contribution in [3.05, 3.63) is 95.0 Å². The summed E-state index contributed by atoms with van der Waals surface area (Å²) in [5, 5.41) is 0.631. The van der Waals surface area contributed by atoms with E-state index in [9.17, 15) is 9.59 Å². The highest BCUT2D eigenvalue weighted by Crippen LogP contribution is 2.36. The number of carbonyl (C=O) groups is 2. The molecule has 0 N–H and O–H groups in total. The Labute approximate surface area is 223 Å². The maximum Gasteiger partial charge on any atom is 0.257 e. The van der Waals surface area contributed by atoms with Gasteiger partial charge >= 0.3 is 0 Å². The first-order chi connectivity index (χ1) is 17.9. The Bertz CT molecular complexity index is 1200. The summed E-state index contributed by atoms with van der Waals surface area (Å²) in [6, 6.07) is 24.4. The van der Waals surface area contributed by atoms with Crippen molar-refractivity contribution in [2.24, 2.45) is 5.41 Å². The Hall–Kier alpha value is -3.51. The zero-order chi connectivity index (χ0) is 26.3. The van der Waals surface area contributed by atoms with Gasteiger partial charge in [0.15, 0.2) is 0 Å². The van der Waals surface area contributed by atoms with Crippen LogP contribution in [0, 0.1) is 5.41 Å². The van der Waals surface area contributed by atoms with Crippen LogP contribution in [0.5, 0.6) is 11.5 Å². The van der Waals surface area contributed by atoms with Gasteiger partial charge in [0.25, 0.3) is 5.91 Å². The second-order valence-corrected chi connectivity index (χ2v) is 10.1. The number of hydrogen-bond acceptors (Lipinski definition) is 4. The SMILES string of the molecule is COc1ccccc1C(=O)N1CCCC(COc2ccc(Cl)cc2)(CC(=O)N(C)Cc2ccccc2)C1. The van der Waals surface area contributed by atoms with E-state index in [1.165, 1.54) is 0 Å². The van der Waals surface area contributed by atoms with Gasteiger partial charge in [-0.25, -0.2) is 0 Å². The van der Waals surface area contributed by atoms with E-state index in [2.05, 4.69) is 0 Å². The Morgan fingerprint density at radius 2 is 1.70 bits per heavy atom. The number of amides is 2. The maximum atomic E-state index is 13.5. The number of halogens is 1. The Balaban J connectivity index is 1.54. The molecule has 7 heteroatoms. The number of ether oxygens (including phenoxy) is 2. The molecule has 6 nitrogen and oxygen atoms in total. The molecule has 0 aromatic heterocycles. The van der Waals surface area contributed by atoms with E-state index in [1.54, 1.807) is 36.3 Å². The number of rotatable bonds is 9. The summed E-state index contributed by atoms with van der Waals surface area (Å²) in [5.41, 5.74) is 1.06. The molecule has 0 saturated carbocycles. The highest BCUT2D eigenvalue weighted by molar-refractivity contribution is 6.30. The van der Waals surface area contributed by atoms with Crippen molar-refractivity contribution in [2.45, 2.75) is 25.8 Å². The third-order valence-corrected chi connectivity index (χ3v) is 7.11. The third-order valence-electron chi connectivity index (χ3n) is 6.86. The number of carbonyl (C=O) groups excluding carboxylic acids is 2. The number of benzene rings is 3. The number of hydrogen-bond donors (Lipinski definition) is 0. The van der Waals surface area contributed by atoms with Crippen LogP contribution in [0.4, 0.5) is 0 Å². The molecule has 1 heterocycles. The van der Waals surface area contributed by atoms with Crippen LogP contribution in [0.1, 0.15) is 35.2 Å². The second-order valence-electron chi connectivity index (χ2n) is 9.69. The average Bonchev–Trinajstić information content (AvgIpc) is 2.93. The topological polar surface area (TPSA) is 59.1 Å². The fraction of sp³-hybridized carbons (Fsp3) is 0.333. The van der Waals surface area contributed by atoms with Gasteiger partial charge in [-0.1, -0.05) is 54.1 Å². The number of nitrogens with zero attached hydrogens (tertiary/aromatic N) is 2. The molecular formula is C30H33ClN2O4. The molecule has 2 amide bonds. The van der Waals surface area contributed by atoms with Gasteiger partial charge in [-0.3, -0.25) is 9.59 Å². The molecule has 194 valence electrons. The van der Waals surface area contributed by atoms with Gasteiger partial charge in [0, 0.05) is 43.5 Å². The molecule has 1 fully saturated rings. The maximum absolute atomic E-state index is 13.5. The molecule has 37 heavy (non-hydrogen) atoms. The molecule has 1 aliphatic heterocycles. The predicted octanol–water partition coefficient (Wildman–Crippen LogP) is 5.70. The van der Waals surface area contributed by atoms with Crippen molar-refractivity contribution in [2.75, 3.05) is 33.9 Å². The lowest BCUT2D eigenvalue weighted by molar-refractivity contribution is -0.134. The van der Waals surface area contributed by atoms with E-state index in [0.717, 1.165) is 18.4 Å². The first-order valence-electron chi connectivity index (χ1n) is 12.5. The van der Waals surface area contributed by atoms with Gasteiger partial charge in [-0.05, 0) is 54.8 Å². The highest BCUT2D eigenvalue weighted by atomic mass is 35.5. The van der Waals surface area contributed by atoms with Crippen molar-refractivity contribution < 1.29 is 19.1 Å². The van der Waals surface area contributed by atoms with Gasteiger partial charge in [0.2, 0.25) is 5.91 Å². The molecule has 3 aromatic rings. The first kappa shape index (κ1) is 26.6. The quantitative estimate of drug-likeness (QED) is 0.363. The highest BCUT2D eigenvalue weighted by Gasteiger charge is 2.41. The zero-order valence-corrected chi connectivity index (χ0v) is 22.1. The summed E-state index contributed by atoms with van der Waals surface area (Å²) in [6.45, 7) is 1.88. The predicted molar refractivity (Wildman–Crippen MR) is 145 cm³/mol. The van der Waals surface area contributed by atoms with Crippen molar-refractivity contribution in [1.82, 2.24) is 9.80 Å². The van der Waals surface area contributed by atoms with Crippen LogP contribution in [0.2, 0.25) is 5.02 Å². The van der Waals surface area contributed by atoms with Gasteiger partial charge in [0.05, 0.1) is 19.3 Å². The monoisotopic (exact) mass is 520 g/mol. The number of likely N-dealkylation sites (tertiary alicyclic amines) is 1. The minimum atomic E-state index is -0.530. The summed E-state index contributed by atoms with van der Waals surface area (Å²) in [4.78, 5) is 30.6. The van der Waals surface area contributed by atoms with Gasteiger partial charge in [0.1, 0.15) is 11.5 Å². The van der Waals surface area contributed by atoms with E-state index in [4.69, 9.17) is 21.1 Å². The lowest BCUT2D eigenvalue weighted by atomic mass is 9.77. The molecule has 1 saturated heterocycles. The van der Waals surface area contributed by atoms with Crippen molar-refractivity contribution in [3.8, 4) is 11.5 Å². The van der Waals surface area contributed by atoms with Crippen LogP contribution >= 0.6 is 11.6 Å². The average molecular weight is 521 g/mol. The Morgan fingerprint density at radius 1 is 1.00 bits per heavy atom. The van der Waals surface area contributed by atoms with Gasteiger partial charge < -0.3 is 19.3 Å². The van der Waals surface area contributed by atoms with E-state index in [1.807, 2.05) is 66.5 Å². The lowest BCUT2D eigenvalue weighted by Crippen LogP contribution is -2.50. The summed E-state index contributed by atoms with van der Waals surface area (Å²) < 4.78 is 11.6. The molecule has 1 unspecified atom stereocenters. The van der Waals surface area contributed by atoms with Crippen LogP contribution < -0.4 is 9.47 Å². The van der Waals surface area contributed by atoms with Crippen LogP contribution in [-0.2, 0) is 11.3 Å². The third kappa shape index (κ3) is 6.83. The summed E-state index contributed by atoms with van der Waals surface area (Å²) in [6.07, 6.45) is 1.83. The molecule has 3 aromatic carbocycles. The number of methoxy groups -OCH3 is 1. The molecule has 1 aliphatic rings. The number of piperidine rings is 1. The minimum Gasteiger partial charge on any atom is -0.496 e. The Kier molecular flexibility index (Phi) is 8.72. The standard InChI is InChI=1S/C30H33ClN2O4/c1-32(20-23-9-4-3-5-10-23)28(34)19-30(22-37-25-15-13-24(31)14-16-25)17-8-18-33(21-30)29(35)26-11-6-7-12-27(26)36-2/h3-7,9-16H,8,17-22H2,1-2H3. The van der Waals surface area contributed by atoms with Crippen LogP contribution in [0.25, 0.3) is 0 Å². The van der Waals surface area contributed by atoms with Crippen molar-refractivity contribution in [3.63, 3.8) is 0 Å². The summed E-state index contributed by atoms with van der Waals surface area (Å²) in [7, 11) is 3.39. The Morgan fingerprint density at radius 3 is 2.43 bits per heavy atom. The second kappa shape index (κ2) is 12.2. The zero-order valence-electron chi connectivity index (χ0n) is 21.4. The normalized spacial score (nSPS) is 17.2. The molecule has 0 radical (unpaired) electrons. The van der Waals surface area contributed by atoms with Crippen LogP contribution in [0.3, 0.4) is 0 Å². The van der Waals surface area contributed by atoms with E-state index in [0.29, 0.717) is 48.3 Å². The van der Waals surface area contributed by atoms with Gasteiger partial charge in [-0.15, -0.1) is 0 Å². The van der Waals surface area contributed by atoms with E-state index >= 15 is 0 Å². The molecule has 0 bridgehead atoms. The van der Waals surface area contributed by atoms with E-state index < -0.39 is 5.41 Å². The van der Waals surface area contributed by atoms with E-state index in [-0.39, 0.29) is 18.2 Å². The fourth-order valence-corrected chi connectivity index (χ4v) is 4.98. The molecule has 1 atom stereocenters. The van der Waals surface area contributed by atoms with Crippen LogP contribution in [-0.4, -0.2) is 55.5 Å². The smallest absolute Gasteiger partial charge is 0.257 e. The largest absolute Gasteiger partial charge is 0.496 e. The minimum absolute atomic E-state index is 0.0233. The molecule has 0 aliphatic carbocycles. The lowest BCUT2D eigenvalue weighted by Gasteiger charge is -2.43. The first-order valence-corrected chi connectivity index (χ1v) is 12.9. The summed E-state index contributed by atoms with van der Waals surface area (Å²) >= 11 is 6.03. The van der Waals surface area contributed by atoms with Crippen molar-refractivity contribution >= 4 is 23.4 Å². The van der Waals surface area contributed by atoms with Crippen LogP contribution in [0.15, 0.2) is 78.9 Å².